The highest BCUT2D eigenvalue weighted by Crippen LogP contribution is 2.24. The van der Waals surface area contributed by atoms with Crippen molar-refractivity contribution in [2.24, 2.45) is 0 Å². The molecule has 1 aliphatic heterocycles. The second kappa shape index (κ2) is 10.3. The smallest absolute Gasteiger partial charge is 0.237 e. The van der Waals surface area contributed by atoms with Crippen molar-refractivity contribution in [3.63, 3.8) is 0 Å². The van der Waals surface area contributed by atoms with Crippen LogP contribution in [0, 0.1) is 0 Å². The zero-order chi connectivity index (χ0) is 24.2. The van der Waals surface area contributed by atoms with E-state index in [-0.39, 0.29) is 5.75 Å². The molecular formula is C21H27N7O6. The van der Waals surface area contributed by atoms with Crippen LogP contribution in [0.4, 0.5) is 5.82 Å². The van der Waals surface area contributed by atoms with Crippen molar-refractivity contribution in [2.45, 2.75) is 43.0 Å². The Morgan fingerprint density at radius 1 is 1.18 bits per heavy atom. The third kappa shape index (κ3) is 4.93. The van der Waals surface area contributed by atoms with E-state index in [1.165, 1.54) is 24.8 Å². The number of amides is 1. The number of nitrogens with zero attached hydrogens (tertiary/aromatic N) is 3. The van der Waals surface area contributed by atoms with Crippen LogP contribution in [0.25, 0.3) is 11.2 Å². The Hall–Kier alpha value is -3.36. The number of ether oxygens (including phenoxy) is 1. The van der Waals surface area contributed by atoms with Crippen LogP contribution < -0.4 is 16.0 Å². The molecular weight excluding hydrogens is 446 g/mol. The number of aliphatic hydroxyl groups excluding tert-OH is 3. The highest BCUT2D eigenvalue weighted by Gasteiger charge is 2.45. The van der Waals surface area contributed by atoms with Gasteiger partial charge in [-0.3, -0.25) is 4.79 Å². The summed E-state index contributed by atoms with van der Waals surface area (Å²) in [7, 11) is 1.62. The zero-order valence-corrected chi connectivity index (χ0v) is 18.3. The molecule has 1 amide bonds. The topological polar surface area (TPSA) is 198 Å². The van der Waals surface area contributed by atoms with Gasteiger partial charge in [-0.05, 0) is 31.2 Å². The van der Waals surface area contributed by atoms with E-state index in [9.17, 15) is 25.2 Å². The Bertz CT molecular complexity index is 1110. The zero-order valence-electron chi connectivity index (χ0n) is 18.3. The number of H-pyrrole nitrogens is 1. The minimum atomic E-state index is -1.45. The molecule has 1 aromatic carbocycles. The molecule has 1 unspecified atom stereocenters. The molecule has 3 aromatic rings. The number of phenolic OH excluding ortho intramolecular Hbond substituents is 1. The van der Waals surface area contributed by atoms with Gasteiger partial charge in [-0.2, -0.15) is 0 Å². The normalized spacial score (nSPS) is 25.7. The number of carbonyl (C=O) groups excluding carboxylic acids is 1. The maximum atomic E-state index is 12.9. The van der Waals surface area contributed by atoms with Gasteiger partial charge in [0.05, 0.1) is 25.0 Å². The van der Waals surface area contributed by atoms with Crippen LogP contribution in [0.1, 0.15) is 5.56 Å². The highest BCUT2D eigenvalue weighted by atomic mass is 16.5. The van der Waals surface area contributed by atoms with E-state index in [1.54, 1.807) is 19.2 Å². The van der Waals surface area contributed by atoms with Crippen LogP contribution in [-0.2, 0) is 16.0 Å². The standard InChI is InChI=1S/C21H27N7O6/c1-22-12(6-10-2-4-11(30)5-3-10)20(33)27-14-13(7-29)34-21(17(32)16(14)31)28-19-15-18(24-8-23-15)25-9-26-19/h2-5,8-9,12-14,16-17,21-22,29-32H,6-7H2,1H3,(H,27,33)(H2,23,24,25,26,28)/t12-,13-,14?,16+,17-,21-/m0/s1. The number of fused-ring (bicyclic) bond motifs is 1. The van der Waals surface area contributed by atoms with Crippen LogP contribution in [0.5, 0.6) is 5.75 Å². The van der Waals surface area contributed by atoms with Crippen molar-refractivity contribution >= 4 is 22.9 Å². The summed E-state index contributed by atoms with van der Waals surface area (Å²) in [4.78, 5) is 28.0. The second-order valence-electron chi connectivity index (χ2n) is 7.97. The number of likely N-dealkylation sites (N-methyl/N-ethyl adjacent to an activating group) is 1. The lowest BCUT2D eigenvalue weighted by atomic mass is 9.94. The molecule has 0 aliphatic carbocycles. The molecule has 0 spiro atoms. The molecule has 4 rings (SSSR count). The van der Waals surface area contributed by atoms with Crippen LogP contribution in [0.2, 0.25) is 0 Å². The van der Waals surface area contributed by atoms with Gasteiger partial charge in [0.1, 0.15) is 35.9 Å². The SMILES string of the molecule is CN[C@@H](Cc1ccc(O)cc1)C(=O)NC1[C@H](CO)O[C@H](Nc2ncnc3nc[nH]c23)[C@@H](O)[C@@H]1O. The predicted molar refractivity (Wildman–Crippen MR) is 120 cm³/mol. The summed E-state index contributed by atoms with van der Waals surface area (Å²) in [5, 5.41) is 49.3. The van der Waals surface area contributed by atoms with Gasteiger partial charge in [0.2, 0.25) is 5.91 Å². The van der Waals surface area contributed by atoms with Gasteiger partial charge in [0, 0.05) is 0 Å². The Labute approximate surface area is 194 Å². The number of aliphatic hydroxyl groups is 3. The molecule has 2 aromatic heterocycles. The van der Waals surface area contributed by atoms with E-state index < -0.39 is 49.1 Å². The van der Waals surface area contributed by atoms with Crippen LogP contribution >= 0.6 is 0 Å². The van der Waals surface area contributed by atoms with Gasteiger partial charge in [-0.25, -0.2) is 15.0 Å². The molecule has 0 saturated carbocycles. The lowest BCUT2D eigenvalue weighted by molar-refractivity contribution is -0.185. The summed E-state index contributed by atoms with van der Waals surface area (Å²) < 4.78 is 5.78. The number of phenols is 1. The molecule has 182 valence electrons. The molecule has 0 radical (unpaired) electrons. The average molecular weight is 473 g/mol. The summed E-state index contributed by atoms with van der Waals surface area (Å²) in [5.74, 6) is -0.0350. The fraction of sp³-hybridized carbons (Fsp3) is 0.429. The number of aromatic amines is 1. The van der Waals surface area contributed by atoms with Crippen molar-refractivity contribution in [3.05, 3.63) is 42.5 Å². The predicted octanol–water partition coefficient (Wildman–Crippen LogP) is -1.78. The summed E-state index contributed by atoms with van der Waals surface area (Å²) in [6.07, 6.45) is -1.99. The second-order valence-corrected chi connectivity index (χ2v) is 7.97. The van der Waals surface area contributed by atoms with E-state index >= 15 is 0 Å². The fourth-order valence-electron chi connectivity index (χ4n) is 3.89. The third-order valence-electron chi connectivity index (χ3n) is 5.78. The first-order chi connectivity index (χ1) is 16.4. The molecule has 6 atom stereocenters. The Morgan fingerprint density at radius 3 is 2.65 bits per heavy atom. The fourth-order valence-corrected chi connectivity index (χ4v) is 3.89. The first-order valence-electron chi connectivity index (χ1n) is 10.7. The van der Waals surface area contributed by atoms with Gasteiger partial charge >= 0.3 is 0 Å². The molecule has 34 heavy (non-hydrogen) atoms. The van der Waals surface area contributed by atoms with Crippen molar-refractivity contribution < 1.29 is 30.0 Å². The van der Waals surface area contributed by atoms with E-state index in [1.807, 2.05) is 0 Å². The molecule has 1 aliphatic rings. The van der Waals surface area contributed by atoms with Crippen molar-refractivity contribution in [1.29, 1.82) is 0 Å². The number of rotatable bonds is 8. The Morgan fingerprint density at radius 2 is 1.94 bits per heavy atom. The van der Waals surface area contributed by atoms with E-state index in [4.69, 9.17) is 4.74 Å². The lowest BCUT2D eigenvalue weighted by Crippen LogP contribution is -2.67. The van der Waals surface area contributed by atoms with Gasteiger partial charge in [-0.1, -0.05) is 12.1 Å². The Balaban J connectivity index is 1.45. The van der Waals surface area contributed by atoms with Gasteiger partial charge < -0.3 is 46.1 Å². The largest absolute Gasteiger partial charge is 0.508 e. The van der Waals surface area contributed by atoms with Crippen molar-refractivity contribution in [2.75, 3.05) is 19.0 Å². The number of carbonyl (C=O) groups is 1. The maximum absolute atomic E-state index is 12.9. The van der Waals surface area contributed by atoms with Crippen LogP contribution in [0.3, 0.4) is 0 Å². The quantitative estimate of drug-likeness (QED) is 0.184. The van der Waals surface area contributed by atoms with E-state index in [0.29, 0.717) is 23.4 Å². The van der Waals surface area contributed by atoms with Gasteiger partial charge in [-0.15, -0.1) is 0 Å². The van der Waals surface area contributed by atoms with Crippen molar-refractivity contribution in [1.82, 2.24) is 30.6 Å². The van der Waals surface area contributed by atoms with Crippen molar-refractivity contribution in [3.8, 4) is 5.75 Å². The summed E-state index contributed by atoms with van der Waals surface area (Å²) in [6.45, 7) is -0.516. The first kappa shape index (κ1) is 23.8. The van der Waals surface area contributed by atoms with E-state index in [2.05, 4.69) is 35.9 Å². The summed E-state index contributed by atoms with van der Waals surface area (Å²) >= 11 is 0. The minimum absolute atomic E-state index is 0.120. The summed E-state index contributed by atoms with van der Waals surface area (Å²) in [5.41, 5.74) is 1.69. The molecule has 8 N–H and O–H groups in total. The molecule has 1 saturated heterocycles. The number of benzene rings is 1. The molecule has 1 fully saturated rings. The highest BCUT2D eigenvalue weighted by molar-refractivity contribution is 5.83. The van der Waals surface area contributed by atoms with E-state index in [0.717, 1.165) is 5.56 Å². The number of nitrogens with one attached hydrogen (secondary N) is 4. The average Bonchev–Trinajstić information content (AvgIpc) is 3.33. The van der Waals surface area contributed by atoms with Gasteiger partial charge in [0.15, 0.2) is 17.7 Å². The molecule has 3 heterocycles. The molecule has 0 bridgehead atoms. The van der Waals surface area contributed by atoms with Crippen LogP contribution in [0.15, 0.2) is 36.9 Å². The number of anilines is 1. The monoisotopic (exact) mass is 473 g/mol. The minimum Gasteiger partial charge on any atom is -0.508 e. The number of imidazole rings is 1. The maximum Gasteiger partial charge on any atom is 0.237 e. The third-order valence-corrected chi connectivity index (χ3v) is 5.78. The molecule has 13 nitrogen and oxygen atoms in total. The van der Waals surface area contributed by atoms with Crippen LogP contribution in [-0.4, -0.2) is 96.5 Å². The number of hydrogen-bond acceptors (Lipinski definition) is 11. The van der Waals surface area contributed by atoms with Gasteiger partial charge in [0.25, 0.3) is 0 Å². The Kier molecular flexibility index (Phi) is 7.19. The lowest BCUT2D eigenvalue weighted by Gasteiger charge is -2.43. The first-order valence-corrected chi connectivity index (χ1v) is 10.7. The summed E-state index contributed by atoms with van der Waals surface area (Å²) in [6, 6.07) is 4.72. The number of aromatic nitrogens is 4. The number of hydrogen-bond donors (Lipinski definition) is 8. The molecule has 13 heteroatoms. The number of aromatic hydroxyl groups is 1.